The summed E-state index contributed by atoms with van der Waals surface area (Å²) in [5.41, 5.74) is 3.21. The summed E-state index contributed by atoms with van der Waals surface area (Å²) in [7, 11) is 0. The molecule has 4 rings (SSSR count). The van der Waals surface area contributed by atoms with Gasteiger partial charge in [0.05, 0.1) is 17.9 Å². The van der Waals surface area contributed by atoms with Crippen LogP contribution >= 0.6 is 0 Å². The highest BCUT2D eigenvalue weighted by Crippen LogP contribution is 2.34. The van der Waals surface area contributed by atoms with Crippen molar-refractivity contribution < 1.29 is 14.4 Å². The van der Waals surface area contributed by atoms with Gasteiger partial charge in [0.1, 0.15) is 6.54 Å². The van der Waals surface area contributed by atoms with Gasteiger partial charge >= 0.3 is 0 Å². The number of fused-ring (bicyclic) bond motifs is 1. The van der Waals surface area contributed by atoms with Crippen LogP contribution in [0.2, 0.25) is 0 Å². The molecule has 2 aliphatic rings. The lowest BCUT2D eigenvalue weighted by Gasteiger charge is -2.18. The first kappa shape index (κ1) is 19.1. The van der Waals surface area contributed by atoms with Crippen LogP contribution in [0.5, 0.6) is 0 Å². The molecule has 29 heavy (non-hydrogen) atoms. The van der Waals surface area contributed by atoms with Crippen LogP contribution in [0.3, 0.4) is 0 Å². The first-order valence-electron chi connectivity index (χ1n) is 9.99. The van der Waals surface area contributed by atoms with E-state index in [0.29, 0.717) is 12.8 Å². The maximum Gasteiger partial charge on any atom is 0.240 e. The van der Waals surface area contributed by atoms with Crippen LogP contribution in [0.15, 0.2) is 66.7 Å². The van der Waals surface area contributed by atoms with Crippen molar-refractivity contribution in [3.8, 4) is 11.1 Å². The van der Waals surface area contributed by atoms with E-state index < -0.39 is 0 Å². The number of carbonyl (C=O) groups is 3. The molecule has 1 N–H and O–H groups in total. The lowest BCUT2D eigenvalue weighted by molar-refractivity contribution is -0.143. The van der Waals surface area contributed by atoms with Crippen LogP contribution in [0.4, 0.5) is 0 Å². The molecule has 5 nitrogen and oxygen atoms in total. The number of hydrogen-bond acceptors (Lipinski definition) is 3. The second kappa shape index (κ2) is 8.03. The maximum atomic E-state index is 12.5. The fraction of sp³-hybridized carbons (Fsp3) is 0.292. The minimum Gasteiger partial charge on any atom is -0.348 e. The summed E-state index contributed by atoms with van der Waals surface area (Å²) in [6, 6.07) is 17.9. The average molecular weight is 388 g/mol. The number of nitrogens with zero attached hydrogens (tertiary/aromatic N) is 1. The fourth-order valence-corrected chi connectivity index (χ4v) is 4.13. The van der Waals surface area contributed by atoms with Crippen LogP contribution in [0.25, 0.3) is 11.1 Å². The second-order valence-electron chi connectivity index (χ2n) is 7.70. The van der Waals surface area contributed by atoms with Crippen molar-refractivity contribution >= 4 is 17.7 Å². The Labute approximate surface area is 170 Å². The highest BCUT2D eigenvalue weighted by Gasteiger charge is 2.47. The SMILES string of the molecule is CC(NC(=O)CN1C(=O)C2CC=CCC2C1=O)c1ccc(-c2ccccc2)cc1. The predicted octanol–water partition coefficient (Wildman–Crippen LogP) is 3.48. The number of hydrogen-bond donors (Lipinski definition) is 1. The van der Waals surface area contributed by atoms with Crippen LogP contribution in [-0.2, 0) is 14.4 Å². The van der Waals surface area contributed by atoms with Crippen molar-refractivity contribution in [2.45, 2.75) is 25.8 Å². The highest BCUT2D eigenvalue weighted by molar-refractivity contribution is 6.07. The minimum absolute atomic E-state index is 0.211. The third-order valence-electron chi connectivity index (χ3n) is 5.80. The molecule has 0 bridgehead atoms. The number of amides is 3. The summed E-state index contributed by atoms with van der Waals surface area (Å²) in [5, 5.41) is 2.90. The van der Waals surface area contributed by atoms with E-state index in [4.69, 9.17) is 0 Å². The molecule has 0 saturated carbocycles. The summed E-state index contributed by atoms with van der Waals surface area (Å²) in [6.07, 6.45) is 5.04. The molecule has 1 aliphatic heterocycles. The summed E-state index contributed by atoms with van der Waals surface area (Å²) < 4.78 is 0. The van der Waals surface area contributed by atoms with Gasteiger partial charge in [0.2, 0.25) is 17.7 Å². The Hall–Kier alpha value is -3.21. The molecule has 1 aliphatic carbocycles. The van der Waals surface area contributed by atoms with E-state index in [2.05, 4.69) is 17.4 Å². The molecule has 0 radical (unpaired) electrons. The Morgan fingerprint density at radius 2 is 1.48 bits per heavy atom. The second-order valence-corrected chi connectivity index (χ2v) is 7.70. The number of rotatable bonds is 5. The van der Waals surface area contributed by atoms with E-state index in [1.54, 1.807) is 0 Å². The van der Waals surface area contributed by atoms with Gasteiger partial charge < -0.3 is 5.32 Å². The van der Waals surface area contributed by atoms with Crippen LogP contribution in [-0.4, -0.2) is 29.2 Å². The standard InChI is InChI=1S/C24H24N2O3/c1-16(17-11-13-19(14-12-17)18-7-3-2-4-8-18)25-22(27)15-26-23(28)20-9-5-6-10-21(20)24(26)29/h2-8,11-14,16,20-21H,9-10,15H2,1H3,(H,25,27). The van der Waals surface area contributed by atoms with Gasteiger partial charge in [-0.1, -0.05) is 66.7 Å². The molecule has 1 fully saturated rings. The van der Waals surface area contributed by atoms with Crippen molar-refractivity contribution in [2.75, 3.05) is 6.54 Å². The molecule has 3 amide bonds. The van der Waals surface area contributed by atoms with Gasteiger partial charge in [-0.3, -0.25) is 19.3 Å². The third-order valence-corrected chi connectivity index (χ3v) is 5.80. The summed E-state index contributed by atoms with van der Waals surface area (Å²) in [4.78, 5) is 38.6. The van der Waals surface area contributed by atoms with Crippen LogP contribution < -0.4 is 5.32 Å². The van der Waals surface area contributed by atoms with Crippen molar-refractivity contribution in [2.24, 2.45) is 11.8 Å². The van der Waals surface area contributed by atoms with E-state index in [0.717, 1.165) is 21.6 Å². The molecule has 0 aromatic heterocycles. The zero-order valence-electron chi connectivity index (χ0n) is 16.4. The van der Waals surface area contributed by atoms with Crippen LogP contribution in [0.1, 0.15) is 31.4 Å². The first-order valence-corrected chi connectivity index (χ1v) is 9.99. The number of benzene rings is 2. The van der Waals surface area contributed by atoms with E-state index in [9.17, 15) is 14.4 Å². The topological polar surface area (TPSA) is 66.5 Å². The lowest BCUT2D eigenvalue weighted by atomic mass is 9.85. The normalized spacial score (nSPS) is 21.8. The van der Waals surface area contributed by atoms with Gasteiger partial charge in [-0.15, -0.1) is 0 Å². The van der Waals surface area contributed by atoms with Gasteiger partial charge in [-0.25, -0.2) is 0 Å². The fourth-order valence-electron chi connectivity index (χ4n) is 4.13. The third kappa shape index (κ3) is 3.86. The Morgan fingerprint density at radius 1 is 0.931 bits per heavy atom. The van der Waals surface area contributed by atoms with Gasteiger partial charge in [0, 0.05) is 0 Å². The van der Waals surface area contributed by atoms with E-state index in [-0.39, 0.29) is 42.1 Å². The minimum atomic E-state index is -0.321. The molecule has 3 atom stereocenters. The molecule has 3 unspecified atom stereocenters. The van der Waals surface area contributed by atoms with Gasteiger partial charge in [-0.05, 0) is 36.5 Å². The summed E-state index contributed by atoms with van der Waals surface area (Å²) in [6.45, 7) is 1.68. The van der Waals surface area contributed by atoms with E-state index in [1.165, 1.54) is 0 Å². The van der Waals surface area contributed by atoms with Gasteiger partial charge in [0.25, 0.3) is 0 Å². The zero-order chi connectivity index (χ0) is 20.4. The molecule has 148 valence electrons. The Morgan fingerprint density at radius 3 is 2.07 bits per heavy atom. The molecule has 0 spiro atoms. The molecule has 2 aromatic carbocycles. The smallest absolute Gasteiger partial charge is 0.240 e. The lowest BCUT2D eigenvalue weighted by Crippen LogP contribution is -2.41. The molecule has 2 aromatic rings. The van der Waals surface area contributed by atoms with Crippen molar-refractivity contribution in [1.82, 2.24) is 10.2 Å². The molecular weight excluding hydrogens is 364 g/mol. The number of carbonyl (C=O) groups excluding carboxylic acids is 3. The Kier molecular flexibility index (Phi) is 5.30. The van der Waals surface area contributed by atoms with E-state index >= 15 is 0 Å². The quantitative estimate of drug-likeness (QED) is 0.630. The molecule has 1 saturated heterocycles. The van der Waals surface area contributed by atoms with Crippen molar-refractivity contribution in [3.63, 3.8) is 0 Å². The molecule has 1 heterocycles. The van der Waals surface area contributed by atoms with Gasteiger partial charge in [-0.2, -0.15) is 0 Å². The van der Waals surface area contributed by atoms with Gasteiger partial charge in [0.15, 0.2) is 0 Å². The number of likely N-dealkylation sites (tertiary alicyclic amines) is 1. The molecule has 5 heteroatoms. The maximum absolute atomic E-state index is 12.5. The summed E-state index contributed by atoms with van der Waals surface area (Å²) in [5.74, 6) is -1.37. The summed E-state index contributed by atoms with van der Waals surface area (Å²) >= 11 is 0. The highest BCUT2D eigenvalue weighted by atomic mass is 16.2. The first-order chi connectivity index (χ1) is 14.0. The number of nitrogens with one attached hydrogen (secondary N) is 1. The molecular formula is C24H24N2O3. The monoisotopic (exact) mass is 388 g/mol. The zero-order valence-corrected chi connectivity index (χ0v) is 16.4. The average Bonchev–Trinajstić information content (AvgIpc) is 2.99. The van der Waals surface area contributed by atoms with E-state index in [1.807, 2.05) is 61.5 Å². The number of allylic oxidation sites excluding steroid dienone is 2. The van der Waals surface area contributed by atoms with Crippen molar-refractivity contribution in [3.05, 3.63) is 72.3 Å². The predicted molar refractivity (Wildman–Crippen MR) is 111 cm³/mol. The van der Waals surface area contributed by atoms with Crippen molar-refractivity contribution in [1.29, 1.82) is 0 Å². The Balaban J connectivity index is 1.37. The largest absolute Gasteiger partial charge is 0.348 e. The van der Waals surface area contributed by atoms with Crippen LogP contribution in [0, 0.1) is 11.8 Å². The number of imide groups is 1. The Bertz CT molecular complexity index is 924.